The van der Waals surface area contributed by atoms with Crippen molar-refractivity contribution in [1.29, 1.82) is 0 Å². The predicted octanol–water partition coefficient (Wildman–Crippen LogP) is 3.48. The van der Waals surface area contributed by atoms with Crippen LogP contribution < -0.4 is 0 Å². The van der Waals surface area contributed by atoms with Crippen LogP contribution in [-0.4, -0.2) is 11.1 Å². The van der Waals surface area contributed by atoms with Crippen molar-refractivity contribution in [3.63, 3.8) is 0 Å². The molecule has 0 saturated heterocycles. The van der Waals surface area contributed by atoms with Crippen LogP contribution in [0.5, 0.6) is 0 Å². The van der Waals surface area contributed by atoms with E-state index in [4.69, 9.17) is 5.11 Å². The lowest BCUT2D eigenvalue weighted by Gasteiger charge is -1.94. The predicted molar refractivity (Wildman–Crippen MR) is 61.5 cm³/mol. The largest absolute Gasteiger partial charge is 0.481 e. The van der Waals surface area contributed by atoms with E-state index in [9.17, 15) is 9.18 Å². The van der Waals surface area contributed by atoms with E-state index in [0.717, 1.165) is 18.4 Å². The highest BCUT2D eigenvalue weighted by molar-refractivity contribution is 5.66. The maximum Gasteiger partial charge on any atom is 0.303 e. The fraction of sp³-hybridized carbons (Fsp3) is 0.308. The molecule has 0 heterocycles. The van der Waals surface area contributed by atoms with E-state index >= 15 is 0 Å². The Morgan fingerprint density at radius 2 is 1.94 bits per heavy atom. The maximum absolute atomic E-state index is 12.6. The Kier molecular flexibility index (Phi) is 5.26. The van der Waals surface area contributed by atoms with Crippen LogP contribution in [0.2, 0.25) is 0 Å². The molecule has 0 atom stereocenters. The summed E-state index contributed by atoms with van der Waals surface area (Å²) in [5, 5.41) is 8.42. The average Bonchev–Trinajstić information content (AvgIpc) is 2.25. The lowest BCUT2D eigenvalue weighted by atomic mass is 10.1. The Morgan fingerprint density at radius 1 is 1.25 bits per heavy atom. The number of aliphatic carboxylic acids is 1. The van der Waals surface area contributed by atoms with Crippen LogP contribution in [-0.2, 0) is 4.79 Å². The molecule has 0 aromatic heterocycles. The number of rotatable bonds is 6. The van der Waals surface area contributed by atoms with Crippen molar-refractivity contribution in [1.82, 2.24) is 0 Å². The van der Waals surface area contributed by atoms with E-state index in [1.54, 1.807) is 12.1 Å². The van der Waals surface area contributed by atoms with Crippen LogP contribution >= 0.6 is 0 Å². The summed E-state index contributed by atoms with van der Waals surface area (Å²) in [6.07, 6.45) is 6.54. The Labute approximate surface area is 94.4 Å². The van der Waals surface area contributed by atoms with Crippen molar-refractivity contribution >= 4 is 12.0 Å². The molecule has 0 saturated carbocycles. The van der Waals surface area contributed by atoms with Crippen molar-refractivity contribution in [3.05, 3.63) is 41.7 Å². The SMILES string of the molecule is O=C(O)CCCCC=Cc1ccc(F)cc1. The first-order valence-corrected chi connectivity index (χ1v) is 5.32. The van der Waals surface area contributed by atoms with Gasteiger partial charge in [-0.1, -0.05) is 24.3 Å². The highest BCUT2D eigenvalue weighted by Crippen LogP contribution is 2.07. The van der Waals surface area contributed by atoms with Crippen molar-refractivity contribution in [3.8, 4) is 0 Å². The van der Waals surface area contributed by atoms with E-state index in [-0.39, 0.29) is 12.2 Å². The van der Waals surface area contributed by atoms with Crippen molar-refractivity contribution in [2.24, 2.45) is 0 Å². The first-order chi connectivity index (χ1) is 7.68. The van der Waals surface area contributed by atoms with Crippen molar-refractivity contribution in [2.45, 2.75) is 25.7 Å². The number of carbonyl (C=O) groups is 1. The maximum atomic E-state index is 12.6. The van der Waals surface area contributed by atoms with E-state index in [0.29, 0.717) is 6.42 Å². The topological polar surface area (TPSA) is 37.3 Å². The zero-order valence-corrected chi connectivity index (χ0v) is 9.03. The van der Waals surface area contributed by atoms with Gasteiger partial charge in [0.15, 0.2) is 0 Å². The number of benzene rings is 1. The Bertz CT molecular complexity index is 355. The minimum absolute atomic E-state index is 0.227. The van der Waals surface area contributed by atoms with E-state index in [1.807, 2.05) is 12.2 Å². The van der Waals surface area contributed by atoms with Crippen LogP contribution in [0.3, 0.4) is 0 Å². The zero-order valence-electron chi connectivity index (χ0n) is 9.03. The molecule has 0 radical (unpaired) electrons. The van der Waals surface area contributed by atoms with Gasteiger partial charge < -0.3 is 5.11 Å². The first kappa shape index (κ1) is 12.4. The molecule has 1 rings (SSSR count). The summed E-state index contributed by atoms with van der Waals surface area (Å²) in [6, 6.07) is 6.26. The van der Waals surface area contributed by atoms with Gasteiger partial charge in [0.1, 0.15) is 5.82 Å². The molecule has 1 aromatic rings. The number of halogens is 1. The monoisotopic (exact) mass is 222 g/mol. The van der Waals surface area contributed by atoms with E-state index in [1.165, 1.54) is 12.1 Å². The van der Waals surface area contributed by atoms with Gasteiger partial charge in [0.2, 0.25) is 0 Å². The molecular formula is C13H15FO2. The highest BCUT2D eigenvalue weighted by atomic mass is 19.1. The molecule has 2 nitrogen and oxygen atoms in total. The Balaban J connectivity index is 2.22. The summed E-state index contributed by atoms with van der Waals surface area (Å²) in [7, 11) is 0. The third-order valence-corrected chi connectivity index (χ3v) is 2.19. The summed E-state index contributed by atoms with van der Waals surface area (Å²) in [6.45, 7) is 0. The molecule has 0 aliphatic rings. The quantitative estimate of drug-likeness (QED) is 0.748. The molecule has 86 valence electrons. The van der Waals surface area contributed by atoms with Crippen LogP contribution in [0.25, 0.3) is 6.08 Å². The smallest absolute Gasteiger partial charge is 0.303 e. The molecule has 1 N–H and O–H groups in total. The number of carboxylic acid groups (broad SMARTS) is 1. The van der Waals surface area contributed by atoms with Crippen LogP contribution in [0.4, 0.5) is 4.39 Å². The first-order valence-electron chi connectivity index (χ1n) is 5.32. The molecule has 3 heteroatoms. The average molecular weight is 222 g/mol. The van der Waals surface area contributed by atoms with Gasteiger partial charge >= 0.3 is 5.97 Å². The van der Waals surface area contributed by atoms with Gasteiger partial charge in [-0.3, -0.25) is 4.79 Å². The molecule has 0 bridgehead atoms. The van der Waals surface area contributed by atoms with Crippen molar-refractivity contribution in [2.75, 3.05) is 0 Å². The second kappa shape index (κ2) is 6.77. The number of carboxylic acids is 1. The number of allylic oxidation sites excluding steroid dienone is 1. The van der Waals surface area contributed by atoms with Crippen molar-refractivity contribution < 1.29 is 14.3 Å². The standard InChI is InChI=1S/C13H15FO2/c14-12-9-7-11(8-10-12)5-3-1-2-4-6-13(15)16/h3,5,7-10H,1-2,4,6H2,(H,15,16). The lowest BCUT2D eigenvalue weighted by Crippen LogP contribution is -1.92. The molecule has 1 aromatic carbocycles. The number of unbranched alkanes of at least 4 members (excludes halogenated alkanes) is 2. The van der Waals surface area contributed by atoms with Gasteiger partial charge in [-0.15, -0.1) is 0 Å². The van der Waals surface area contributed by atoms with E-state index in [2.05, 4.69) is 0 Å². The summed E-state index contributed by atoms with van der Waals surface area (Å²) in [5.41, 5.74) is 0.958. The van der Waals surface area contributed by atoms with Gasteiger partial charge in [-0.2, -0.15) is 0 Å². The normalized spacial score (nSPS) is 10.8. The molecule has 0 fully saturated rings. The van der Waals surface area contributed by atoms with Crippen LogP contribution in [0, 0.1) is 5.82 Å². The van der Waals surface area contributed by atoms with Gasteiger partial charge in [-0.25, -0.2) is 4.39 Å². The zero-order chi connectivity index (χ0) is 11.8. The summed E-state index contributed by atoms with van der Waals surface area (Å²) < 4.78 is 12.6. The Hall–Kier alpha value is -1.64. The molecule has 16 heavy (non-hydrogen) atoms. The molecule has 0 unspecified atom stereocenters. The van der Waals surface area contributed by atoms with Crippen LogP contribution in [0.15, 0.2) is 30.3 Å². The fourth-order valence-electron chi connectivity index (χ4n) is 1.33. The minimum Gasteiger partial charge on any atom is -0.481 e. The third-order valence-electron chi connectivity index (χ3n) is 2.19. The number of hydrogen-bond donors (Lipinski definition) is 1. The molecule has 0 aliphatic carbocycles. The second-order valence-corrected chi connectivity index (χ2v) is 3.59. The van der Waals surface area contributed by atoms with Gasteiger partial charge in [0.05, 0.1) is 0 Å². The fourth-order valence-corrected chi connectivity index (χ4v) is 1.33. The van der Waals surface area contributed by atoms with Gasteiger partial charge in [-0.05, 0) is 37.0 Å². The highest BCUT2D eigenvalue weighted by Gasteiger charge is 1.94. The van der Waals surface area contributed by atoms with Crippen LogP contribution in [0.1, 0.15) is 31.2 Å². The number of hydrogen-bond acceptors (Lipinski definition) is 1. The lowest BCUT2D eigenvalue weighted by molar-refractivity contribution is -0.137. The summed E-state index contributed by atoms with van der Waals surface area (Å²) in [4.78, 5) is 10.2. The summed E-state index contributed by atoms with van der Waals surface area (Å²) in [5.74, 6) is -0.985. The minimum atomic E-state index is -0.748. The van der Waals surface area contributed by atoms with Gasteiger partial charge in [0, 0.05) is 6.42 Å². The summed E-state index contributed by atoms with van der Waals surface area (Å²) >= 11 is 0. The molecule has 0 amide bonds. The molecular weight excluding hydrogens is 207 g/mol. The van der Waals surface area contributed by atoms with E-state index < -0.39 is 5.97 Å². The molecule has 0 aliphatic heterocycles. The molecule has 0 spiro atoms. The second-order valence-electron chi connectivity index (χ2n) is 3.59. The third kappa shape index (κ3) is 5.29. The van der Waals surface area contributed by atoms with Gasteiger partial charge in [0.25, 0.3) is 0 Å². The Morgan fingerprint density at radius 3 is 2.56 bits per heavy atom.